The van der Waals surface area contributed by atoms with Crippen molar-refractivity contribution in [1.82, 2.24) is 19.8 Å². The Labute approximate surface area is 111 Å². The van der Waals surface area contributed by atoms with Crippen LogP contribution in [0.25, 0.3) is 0 Å². The summed E-state index contributed by atoms with van der Waals surface area (Å²) in [6, 6.07) is 0.594. The van der Waals surface area contributed by atoms with Gasteiger partial charge in [0.1, 0.15) is 0 Å². The van der Waals surface area contributed by atoms with E-state index in [0.717, 1.165) is 26.2 Å². The second-order valence-electron chi connectivity index (χ2n) is 5.68. The van der Waals surface area contributed by atoms with Crippen LogP contribution in [0.3, 0.4) is 0 Å². The topological polar surface area (TPSA) is 33.1 Å². The van der Waals surface area contributed by atoms with Crippen molar-refractivity contribution in [2.45, 2.75) is 46.8 Å². The van der Waals surface area contributed by atoms with Crippen LogP contribution < -0.4 is 5.32 Å². The van der Waals surface area contributed by atoms with Crippen LogP contribution in [0.1, 0.15) is 33.4 Å². The van der Waals surface area contributed by atoms with Crippen LogP contribution >= 0.6 is 0 Å². The third-order valence-corrected chi connectivity index (χ3v) is 3.23. The largest absolute Gasteiger partial charge is 0.332 e. The summed E-state index contributed by atoms with van der Waals surface area (Å²) in [4.78, 5) is 6.60. The number of rotatable bonds is 8. The Morgan fingerprint density at radius 1 is 1.33 bits per heavy atom. The maximum Gasteiger partial charge on any atom is 0.0949 e. The highest BCUT2D eigenvalue weighted by Gasteiger charge is 2.06. The molecule has 1 aromatic heterocycles. The monoisotopic (exact) mass is 252 g/mol. The summed E-state index contributed by atoms with van der Waals surface area (Å²) in [5.74, 6) is 0.688. The summed E-state index contributed by atoms with van der Waals surface area (Å²) in [5.41, 5.74) is 1.27. The molecule has 1 aromatic rings. The standard InChI is InChI=1S/C14H28N4/c1-12(2)8-15-9-14-10-16-11-18(14)7-6-17(5)13(3)4/h10-13,15H,6-9H2,1-5H3. The van der Waals surface area contributed by atoms with E-state index in [-0.39, 0.29) is 0 Å². The van der Waals surface area contributed by atoms with Crippen molar-refractivity contribution in [3.05, 3.63) is 18.2 Å². The van der Waals surface area contributed by atoms with E-state index in [1.165, 1.54) is 5.69 Å². The van der Waals surface area contributed by atoms with Crippen LogP contribution in [0.15, 0.2) is 12.5 Å². The van der Waals surface area contributed by atoms with Gasteiger partial charge in [-0.1, -0.05) is 13.8 Å². The van der Waals surface area contributed by atoms with Gasteiger partial charge in [0.25, 0.3) is 0 Å². The van der Waals surface area contributed by atoms with Crippen molar-refractivity contribution in [3.63, 3.8) is 0 Å². The van der Waals surface area contributed by atoms with Crippen LogP contribution in [-0.2, 0) is 13.1 Å². The number of nitrogens with zero attached hydrogens (tertiary/aromatic N) is 3. The highest BCUT2D eigenvalue weighted by Crippen LogP contribution is 2.01. The first-order chi connectivity index (χ1) is 8.50. The summed E-state index contributed by atoms with van der Waals surface area (Å²) in [6.07, 6.45) is 3.89. The van der Waals surface area contributed by atoms with Crippen LogP contribution in [-0.4, -0.2) is 40.6 Å². The number of nitrogens with one attached hydrogen (secondary N) is 1. The maximum absolute atomic E-state index is 4.25. The second kappa shape index (κ2) is 7.54. The molecule has 0 aliphatic rings. The molecule has 18 heavy (non-hydrogen) atoms. The fraction of sp³-hybridized carbons (Fsp3) is 0.786. The summed E-state index contributed by atoms with van der Waals surface area (Å²) < 4.78 is 2.24. The van der Waals surface area contributed by atoms with E-state index < -0.39 is 0 Å². The number of likely N-dealkylation sites (N-methyl/N-ethyl adjacent to an activating group) is 1. The van der Waals surface area contributed by atoms with Gasteiger partial charge in [-0.05, 0) is 33.4 Å². The highest BCUT2D eigenvalue weighted by molar-refractivity contribution is 4.98. The van der Waals surface area contributed by atoms with Crippen molar-refractivity contribution < 1.29 is 0 Å². The molecular formula is C14H28N4. The van der Waals surface area contributed by atoms with Gasteiger partial charge in [0, 0.05) is 31.9 Å². The molecule has 0 aliphatic heterocycles. The molecule has 4 nitrogen and oxygen atoms in total. The third kappa shape index (κ3) is 5.19. The third-order valence-electron chi connectivity index (χ3n) is 3.23. The normalized spacial score (nSPS) is 12.0. The van der Waals surface area contributed by atoms with Crippen LogP contribution in [0, 0.1) is 5.92 Å². The average molecular weight is 252 g/mol. The second-order valence-corrected chi connectivity index (χ2v) is 5.68. The molecule has 0 radical (unpaired) electrons. The molecule has 0 unspecified atom stereocenters. The fourth-order valence-electron chi connectivity index (χ4n) is 1.71. The molecule has 0 fully saturated rings. The molecule has 0 aromatic carbocycles. The molecule has 1 heterocycles. The summed E-state index contributed by atoms with van der Waals surface area (Å²) in [5, 5.41) is 3.46. The van der Waals surface area contributed by atoms with Crippen LogP contribution in [0.5, 0.6) is 0 Å². The lowest BCUT2D eigenvalue weighted by Crippen LogP contribution is -2.30. The van der Waals surface area contributed by atoms with E-state index in [9.17, 15) is 0 Å². The van der Waals surface area contributed by atoms with Gasteiger partial charge in [0.05, 0.1) is 12.0 Å². The molecule has 1 N–H and O–H groups in total. The Morgan fingerprint density at radius 2 is 2.06 bits per heavy atom. The minimum Gasteiger partial charge on any atom is -0.332 e. The van der Waals surface area contributed by atoms with E-state index in [2.05, 4.69) is 54.5 Å². The Morgan fingerprint density at radius 3 is 2.67 bits per heavy atom. The summed E-state index contributed by atoms with van der Waals surface area (Å²) in [6.45, 7) is 12.9. The SMILES string of the molecule is CC(C)CNCc1cncn1CCN(C)C(C)C. The highest BCUT2D eigenvalue weighted by atomic mass is 15.2. The Balaban J connectivity index is 2.40. The zero-order valence-electron chi connectivity index (χ0n) is 12.5. The lowest BCUT2D eigenvalue weighted by atomic mass is 10.2. The van der Waals surface area contributed by atoms with Gasteiger partial charge in [-0.3, -0.25) is 0 Å². The smallest absolute Gasteiger partial charge is 0.0949 e. The molecule has 0 aliphatic carbocycles. The average Bonchev–Trinajstić information content (AvgIpc) is 2.73. The van der Waals surface area contributed by atoms with Gasteiger partial charge in [-0.25, -0.2) is 4.98 Å². The molecule has 104 valence electrons. The minimum absolute atomic E-state index is 0.594. The predicted molar refractivity (Wildman–Crippen MR) is 76.5 cm³/mol. The van der Waals surface area contributed by atoms with Gasteiger partial charge in [-0.15, -0.1) is 0 Å². The van der Waals surface area contributed by atoms with Crippen molar-refractivity contribution in [1.29, 1.82) is 0 Å². The lowest BCUT2D eigenvalue weighted by molar-refractivity contribution is 0.261. The van der Waals surface area contributed by atoms with Gasteiger partial charge in [0.15, 0.2) is 0 Å². The molecule has 0 bridgehead atoms. The lowest BCUT2D eigenvalue weighted by Gasteiger charge is -2.21. The molecule has 4 heteroatoms. The molecule has 0 spiro atoms. The number of aromatic nitrogens is 2. The van der Waals surface area contributed by atoms with Crippen molar-refractivity contribution in [2.75, 3.05) is 20.1 Å². The minimum atomic E-state index is 0.594. The number of imidazole rings is 1. The Hall–Kier alpha value is -0.870. The zero-order valence-corrected chi connectivity index (χ0v) is 12.5. The molecular weight excluding hydrogens is 224 g/mol. The quantitative estimate of drug-likeness (QED) is 0.768. The maximum atomic E-state index is 4.25. The zero-order chi connectivity index (χ0) is 13.5. The van der Waals surface area contributed by atoms with Gasteiger partial charge in [0.2, 0.25) is 0 Å². The first-order valence-electron chi connectivity index (χ1n) is 6.90. The van der Waals surface area contributed by atoms with Gasteiger partial charge in [-0.2, -0.15) is 0 Å². The Kier molecular flexibility index (Phi) is 6.36. The van der Waals surface area contributed by atoms with E-state index >= 15 is 0 Å². The first-order valence-corrected chi connectivity index (χ1v) is 6.90. The first kappa shape index (κ1) is 15.2. The summed E-state index contributed by atoms with van der Waals surface area (Å²) in [7, 11) is 2.16. The van der Waals surface area contributed by atoms with Crippen molar-refractivity contribution in [2.24, 2.45) is 5.92 Å². The van der Waals surface area contributed by atoms with Crippen LogP contribution in [0.2, 0.25) is 0 Å². The molecule has 0 saturated heterocycles. The van der Waals surface area contributed by atoms with E-state index in [1.807, 2.05) is 12.5 Å². The Bertz CT molecular complexity index is 330. The fourth-order valence-corrected chi connectivity index (χ4v) is 1.71. The van der Waals surface area contributed by atoms with Crippen molar-refractivity contribution >= 4 is 0 Å². The van der Waals surface area contributed by atoms with Crippen molar-refractivity contribution in [3.8, 4) is 0 Å². The summed E-state index contributed by atoms with van der Waals surface area (Å²) >= 11 is 0. The molecule has 0 amide bonds. The van der Waals surface area contributed by atoms with Crippen LogP contribution in [0.4, 0.5) is 0 Å². The number of hydrogen-bond donors (Lipinski definition) is 1. The van der Waals surface area contributed by atoms with E-state index in [0.29, 0.717) is 12.0 Å². The van der Waals surface area contributed by atoms with E-state index in [1.54, 1.807) is 0 Å². The molecule has 0 atom stereocenters. The number of hydrogen-bond acceptors (Lipinski definition) is 3. The predicted octanol–water partition coefficient (Wildman–Crippen LogP) is 1.97. The molecule has 0 saturated carbocycles. The van der Waals surface area contributed by atoms with E-state index in [4.69, 9.17) is 0 Å². The van der Waals surface area contributed by atoms with Gasteiger partial charge < -0.3 is 14.8 Å². The van der Waals surface area contributed by atoms with Gasteiger partial charge >= 0.3 is 0 Å². The molecule has 1 rings (SSSR count).